The summed E-state index contributed by atoms with van der Waals surface area (Å²) in [6, 6.07) is -0.593. The number of fused-ring (bicyclic) bond motifs is 1. The van der Waals surface area contributed by atoms with Gasteiger partial charge in [0.05, 0.1) is 11.6 Å². The molecule has 2 atom stereocenters. The van der Waals surface area contributed by atoms with Crippen molar-refractivity contribution in [1.29, 1.82) is 0 Å². The molecule has 2 aliphatic heterocycles. The first-order chi connectivity index (χ1) is 5.29. The molecule has 2 rings (SSSR count). The summed E-state index contributed by atoms with van der Waals surface area (Å²) < 4.78 is 0. The number of carbonyl (C=O) groups is 1. The topological polar surface area (TPSA) is 91.9 Å². The molecule has 0 fully saturated rings. The molecule has 7 heteroatoms. The molecule has 2 aliphatic rings. The Morgan fingerprint density at radius 2 is 2.55 bits per heavy atom. The van der Waals surface area contributed by atoms with E-state index in [0.29, 0.717) is 0 Å². The maximum atomic E-state index is 10.9. The number of hydroxylamine groups is 1. The van der Waals surface area contributed by atoms with Crippen molar-refractivity contribution in [2.75, 3.05) is 0 Å². The summed E-state index contributed by atoms with van der Waals surface area (Å²) in [5.74, 6) is -0.619. The molecule has 2 N–H and O–H groups in total. The van der Waals surface area contributed by atoms with Gasteiger partial charge in [0.1, 0.15) is 0 Å². The molecule has 0 aromatic rings. The Labute approximate surface area is 61.4 Å². The van der Waals surface area contributed by atoms with Crippen molar-refractivity contribution in [3.63, 3.8) is 0 Å². The van der Waals surface area contributed by atoms with Crippen molar-refractivity contribution in [3.8, 4) is 0 Å². The maximum absolute atomic E-state index is 10.9. The summed E-state index contributed by atoms with van der Waals surface area (Å²) in [6.45, 7) is 0. The number of amides is 1. The van der Waals surface area contributed by atoms with Crippen LogP contribution >= 0.6 is 0 Å². The van der Waals surface area contributed by atoms with E-state index in [1.807, 2.05) is 0 Å². The molecular formula is C4H5N5O2. The van der Waals surface area contributed by atoms with Crippen molar-refractivity contribution < 1.29 is 9.66 Å². The highest BCUT2D eigenvalue weighted by atomic mass is 16.5. The summed E-state index contributed by atoms with van der Waals surface area (Å²) in [7, 11) is 0. The third-order valence-electron chi connectivity index (χ3n) is 1.54. The minimum absolute atomic E-state index is 0.0167. The van der Waals surface area contributed by atoms with Gasteiger partial charge in [-0.15, -0.1) is 0 Å². The number of nitrogens with zero attached hydrogens (tertiary/aromatic N) is 3. The zero-order chi connectivity index (χ0) is 7.84. The van der Waals surface area contributed by atoms with Gasteiger partial charge in [-0.1, -0.05) is 4.86 Å². The molecule has 0 spiro atoms. The highest BCUT2D eigenvalue weighted by Gasteiger charge is 2.40. The molecule has 1 amide bonds. The Hall–Kier alpha value is -1.66. The molecule has 2 heterocycles. The molecule has 0 aliphatic carbocycles. The first-order valence-corrected chi connectivity index (χ1v) is 3.04. The standard InChI is InChI=1S/C4H5N5O2/c10-4-2-3(6-1-5-2)7-8-9(4)11/h1-3,7H,(H,5,6). The van der Waals surface area contributed by atoms with Gasteiger partial charge in [-0.25, -0.2) is 9.79 Å². The summed E-state index contributed by atoms with van der Waals surface area (Å²) in [5.41, 5.74) is 2.42. The van der Waals surface area contributed by atoms with E-state index in [4.69, 9.17) is 0 Å². The van der Waals surface area contributed by atoms with Crippen molar-refractivity contribution in [2.24, 2.45) is 10.2 Å². The zero-order valence-electron chi connectivity index (χ0n) is 5.39. The first-order valence-electron chi connectivity index (χ1n) is 3.04. The summed E-state index contributed by atoms with van der Waals surface area (Å²) >= 11 is 0. The average molecular weight is 155 g/mol. The van der Waals surface area contributed by atoms with E-state index in [1.54, 1.807) is 0 Å². The fourth-order valence-electron chi connectivity index (χ4n) is 0.975. The molecule has 0 aromatic carbocycles. The van der Waals surface area contributed by atoms with Gasteiger partial charge in [0, 0.05) is 0 Å². The molecule has 0 aromatic heterocycles. The molecule has 58 valence electrons. The quantitative estimate of drug-likeness (QED) is 0.323. The van der Waals surface area contributed by atoms with Crippen LogP contribution in [0.2, 0.25) is 0 Å². The van der Waals surface area contributed by atoms with Crippen LogP contribution in [0.1, 0.15) is 0 Å². The number of carbonyl (C=O) groups excluding carboxylic acids is 1. The van der Waals surface area contributed by atoms with Crippen molar-refractivity contribution in [2.45, 2.75) is 12.2 Å². The second kappa shape index (κ2) is 1.91. The van der Waals surface area contributed by atoms with Gasteiger partial charge in [-0.3, -0.25) is 0 Å². The number of hydrogen-bond donors (Lipinski definition) is 2. The van der Waals surface area contributed by atoms with E-state index < -0.39 is 18.1 Å². The third kappa shape index (κ3) is 0.736. The second-order valence-corrected chi connectivity index (χ2v) is 2.21. The zero-order valence-corrected chi connectivity index (χ0v) is 5.39. The van der Waals surface area contributed by atoms with Gasteiger partial charge in [-0.05, 0) is 0 Å². The highest BCUT2D eigenvalue weighted by Crippen LogP contribution is 2.06. The molecule has 11 heavy (non-hydrogen) atoms. The van der Waals surface area contributed by atoms with Crippen LogP contribution in [0.15, 0.2) is 10.2 Å². The van der Waals surface area contributed by atoms with Crippen LogP contribution in [-0.2, 0) is 4.79 Å². The first kappa shape index (κ1) is 6.08. The van der Waals surface area contributed by atoms with Gasteiger partial charge in [-0.2, -0.15) is 5.43 Å². The van der Waals surface area contributed by atoms with Gasteiger partial charge in [0.15, 0.2) is 6.04 Å². The predicted molar refractivity (Wildman–Crippen MR) is 33.4 cm³/mol. The third-order valence-corrected chi connectivity index (χ3v) is 1.54. The Morgan fingerprint density at radius 3 is 3.36 bits per heavy atom. The van der Waals surface area contributed by atoms with Crippen LogP contribution in [0.4, 0.5) is 0 Å². The van der Waals surface area contributed by atoms with Crippen LogP contribution in [0.25, 0.3) is 0 Å². The van der Waals surface area contributed by atoms with E-state index in [9.17, 15) is 10.0 Å². The SMILES string of the molecule is O=C1C2NC=NC2NN=[N+]1[O-]. The minimum Gasteiger partial charge on any atom is -0.689 e. The molecule has 0 radical (unpaired) electrons. The Bertz CT molecular complexity index is 259. The number of aliphatic imine (C=N–C) groups is 1. The molecule has 7 nitrogen and oxygen atoms in total. The van der Waals surface area contributed by atoms with Crippen LogP contribution in [0, 0.1) is 5.21 Å². The Balaban J connectivity index is 2.28. The number of rotatable bonds is 0. The Kier molecular flexibility index (Phi) is 1.05. The largest absolute Gasteiger partial charge is 0.689 e. The summed E-state index contributed by atoms with van der Waals surface area (Å²) in [6.07, 6.45) is 0.960. The minimum atomic E-state index is -0.619. The molecule has 2 unspecified atom stereocenters. The van der Waals surface area contributed by atoms with Gasteiger partial charge < -0.3 is 10.5 Å². The monoisotopic (exact) mass is 155 g/mol. The fourth-order valence-corrected chi connectivity index (χ4v) is 0.975. The van der Waals surface area contributed by atoms with Gasteiger partial charge >= 0.3 is 5.91 Å². The second-order valence-electron chi connectivity index (χ2n) is 2.21. The lowest BCUT2D eigenvalue weighted by atomic mass is 10.2. The average Bonchev–Trinajstić information content (AvgIpc) is 2.45. The van der Waals surface area contributed by atoms with Crippen molar-refractivity contribution >= 4 is 12.2 Å². The fraction of sp³-hybridized carbons (Fsp3) is 0.500. The molecular weight excluding hydrogens is 150 g/mol. The molecule has 0 bridgehead atoms. The van der Waals surface area contributed by atoms with Crippen molar-refractivity contribution in [3.05, 3.63) is 5.21 Å². The van der Waals surface area contributed by atoms with E-state index in [-0.39, 0.29) is 4.86 Å². The molecule has 0 saturated carbocycles. The van der Waals surface area contributed by atoms with Crippen LogP contribution in [-0.4, -0.2) is 29.3 Å². The molecule has 0 saturated heterocycles. The number of hydrogen-bond acceptors (Lipinski definition) is 6. The number of nitrogens with one attached hydrogen (secondary N) is 2. The van der Waals surface area contributed by atoms with Crippen LogP contribution in [0.3, 0.4) is 0 Å². The van der Waals surface area contributed by atoms with E-state index >= 15 is 0 Å². The van der Waals surface area contributed by atoms with Crippen LogP contribution in [0.5, 0.6) is 0 Å². The lowest BCUT2D eigenvalue weighted by Gasteiger charge is -2.17. The lowest BCUT2D eigenvalue weighted by molar-refractivity contribution is -0.465. The summed E-state index contributed by atoms with van der Waals surface area (Å²) in [5, 5.41) is 16.4. The van der Waals surface area contributed by atoms with E-state index in [0.717, 1.165) is 0 Å². The Morgan fingerprint density at radius 1 is 1.73 bits per heavy atom. The van der Waals surface area contributed by atoms with Gasteiger partial charge in [0.25, 0.3) is 0 Å². The smallest absolute Gasteiger partial charge is 0.362 e. The lowest BCUT2D eigenvalue weighted by Crippen LogP contribution is -2.52. The highest BCUT2D eigenvalue weighted by molar-refractivity contribution is 5.80. The normalized spacial score (nSPS) is 33.8. The van der Waals surface area contributed by atoms with Crippen LogP contribution < -0.4 is 10.7 Å². The van der Waals surface area contributed by atoms with Gasteiger partial charge in [0.2, 0.25) is 6.17 Å². The van der Waals surface area contributed by atoms with E-state index in [1.165, 1.54) is 6.34 Å². The van der Waals surface area contributed by atoms with E-state index in [2.05, 4.69) is 21.0 Å². The van der Waals surface area contributed by atoms with Crippen molar-refractivity contribution in [1.82, 2.24) is 10.7 Å². The summed E-state index contributed by atoms with van der Waals surface area (Å²) in [4.78, 5) is 14.8. The maximum Gasteiger partial charge on any atom is 0.362 e. The predicted octanol–water partition coefficient (Wildman–Crippen LogP) is -1.68.